The standard InChI is InChI=1S/C17H24N4O2/c1-4-11(2)15(18)16(22)20-12(3)10-21-17(23)14-8-6-5-7-13(14)9-19-21/h5-9,11-12,15H,4,10,18H2,1-3H3,(H,20,22). The van der Waals surface area contributed by atoms with Gasteiger partial charge in [-0.05, 0) is 18.9 Å². The van der Waals surface area contributed by atoms with E-state index < -0.39 is 6.04 Å². The second kappa shape index (κ2) is 7.37. The summed E-state index contributed by atoms with van der Waals surface area (Å²) in [5.41, 5.74) is 5.76. The summed E-state index contributed by atoms with van der Waals surface area (Å²) in [5.74, 6) is -0.0793. The van der Waals surface area contributed by atoms with Gasteiger partial charge in [-0.1, -0.05) is 38.5 Å². The van der Waals surface area contributed by atoms with Crippen LogP contribution in [-0.4, -0.2) is 27.8 Å². The zero-order chi connectivity index (χ0) is 17.0. The third-order valence-corrected chi connectivity index (χ3v) is 4.16. The van der Waals surface area contributed by atoms with Crippen LogP contribution in [0.4, 0.5) is 0 Å². The molecule has 1 aromatic carbocycles. The number of carbonyl (C=O) groups is 1. The molecule has 0 saturated heterocycles. The van der Waals surface area contributed by atoms with Crippen LogP contribution in [0.1, 0.15) is 27.2 Å². The predicted molar refractivity (Wildman–Crippen MR) is 91.0 cm³/mol. The van der Waals surface area contributed by atoms with Crippen molar-refractivity contribution in [1.29, 1.82) is 0 Å². The van der Waals surface area contributed by atoms with Crippen LogP contribution in [0.3, 0.4) is 0 Å². The van der Waals surface area contributed by atoms with Crippen molar-refractivity contribution in [2.24, 2.45) is 11.7 Å². The second-order valence-corrected chi connectivity index (χ2v) is 6.04. The summed E-state index contributed by atoms with van der Waals surface area (Å²) in [6.45, 7) is 6.09. The zero-order valence-electron chi connectivity index (χ0n) is 13.8. The van der Waals surface area contributed by atoms with Gasteiger partial charge in [-0.25, -0.2) is 4.68 Å². The van der Waals surface area contributed by atoms with E-state index in [0.717, 1.165) is 11.8 Å². The van der Waals surface area contributed by atoms with E-state index in [4.69, 9.17) is 5.73 Å². The average molecular weight is 316 g/mol. The normalized spacial score (nSPS) is 15.1. The molecule has 0 fully saturated rings. The molecule has 3 unspecified atom stereocenters. The third kappa shape index (κ3) is 3.96. The molecule has 3 N–H and O–H groups in total. The zero-order valence-corrected chi connectivity index (χ0v) is 13.8. The molecule has 0 radical (unpaired) electrons. The Labute approximate surface area is 135 Å². The molecule has 124 valence electrons. The first-order chi connectivity index (χ1) is 10.9. The molecule has 2 aromatic rings. The van der Waals surface area contributed by atoms with Gasteiger partial charge < -0.3 is 11.1 Å². The topological polar surface area (TPSA) is 90.0 Å². The maximum absolute atomic E-state index is 12.4. The Morgan fingerprint density at radius 1 is 1.35 bits per heavy atom. The van der Waals surface area contributed by atoms with Gasteiger partial charge in [0.25, 0.3) is 5.56 Å². The quantitative estimate of drug-likeness (QED) is 0.840. The molecule has 0 spiro atoms. The summed E-state index contributed by atoms with van der Waals surface area (Å²) >= 11 is 0. The summed E-state index contributed by atoms with van der Waals surface area (Å²) in [4.78, 5) is 24.5. The molecule has 6 nitrogen and oxygen atoms in total. The summed E-state index contributed by atoms with van der Waals surface area (Å²) in [6.07, 6.45) is 2.50. The summed E-state index contributed by atoms with van der Waals surface area (Å²) < 4.78 is 1.38. The molecule has 0 aliphatic carbocycles. The summed E-state index contributed by atoms with van der Waals surface area (Å²) in [6, 6.07) is 6.55. The van der Waals surface area contributed by atoms with E-state index in [2.05, 4.69) is 10.4 Å². The first-order valence-corrected chi connectivity index (χ1v) is 7.94. The Morgan fingerprint density at radius 2 is 2.04 bits per heavy atom. The van der Waals surface area contributed by atoms with Crippen molar-refractivity contribution >= 4 is 16.7 Å². The molecule has 0 saturated carbocycles. The molecule has 0 bridgehead atoms. The fraction of sp³-hybridized carbons (Fsp3) is 0.471. The first-order valence-electron chi connectivity index (χ1n) is 7.94. The van der Waals surface area contributed by atoms with Crippen molar-refractivity contribution in [2.45, 2.75) is 45.8 Å². The van der Waals surface area contributed by atoms with E-state index in [1.165, 1.54) is 4.68 Å². The molecule has 1 heterocycles. The second-order valence-electron chi connectivity index (χ2n) is 6.04. The highest BCUT2D eigenvalue weighted by Gasteiger charge is 2.21. The SMILES string of the molecule is CCC(C)C(N)C(=O)NC(C)Cn1ncc2ccccc2c1=O. The fourth-order valence-electron chi connectivity index (χ4n) is 2.41. The third-order valence-electron chi connectivity index (χ3n) is 4.16. The number of hydrogen-bond acceptors (Lipinski definition) is 4. The van der Waals surface area contributed by atoms with Gasteiger partial charge in [0, 0.05) is 11.4 Å². The van der Waals surface area contributed by atoms with Crippen molar-refractivity contribution in [2.75, 3.05) is 0 Å². The van der Waals surface area contributed by atoms with Gasteiger partial charge in [-0.3, -0.25) is 9.59 Å². The number of amides is 1. The van der Waals surface area contributed by atoms with Crippen LogP contribution in [0, 0.1) is 5.92 Å². The minimum Gasteiger partial charge on any atom is -0.350 e. The molecular weight excluding hydrogens is 292 g/mol. The van der Waals surface area contributed by atoms with Gasteiger partial charge >= 0.3 is 0 Å². The van der Waals surface area contributed by atoms with Crippen molar-refractivity contribution in [3.8, 4) is 0 Å². The maximum atomic E-state index is 12.4. The monoisotopic (exact) mass is 316 g/mol. The highest BCUT2D eigenvalue weighted by molar-refractivity contribution is 5.82. The van der Waals surface area contributed by atoms with E-state index in [0.29, 0.717) is 11.9 Å². The molecule has 1 aromatic heterocycles. The molecular formula is C17H24N4O2. The van der Waals surface area contributed by atoms with Gasteiger partial charge in [-0.15, -0.1) is 0 Å². The fourth-order valence-corrected chi connectivity index (χ4v) is 2.41. The lowest BCUT2D eigenvalue weighted by atomic mass is 9.99. The number of benzene rings is 1. The van der Waals surface area contributed by atoms with Crippen LogP contribution in [0.25, 0.3) is 10.8 Å². The van der Waals surface area contributed by atoms with E-state index in [1.54, 1.807) is 12.3 Å². The Kier molecular flexibility index (Phi) is 5.50. The largest absolute Gasteiger partial charge is 0.350 e. The predicted octanol–water partition coefficient (Wildman–Crippen LogP) is 1.27. The van der Waals surface area contributed by atoms with Crippen molar-refractivity contribution in [3.05, 3.63) is 40.8 Å². The lowest BCUT2D eigenvalue weighted by Crippen LogP contribution is -2.49. The molecule has 6 heteroatoms. The van der Waals surface area contributed by atoms with Gasteiger partial charge in [0.15, 0.2) is 0 Å². The number of rotatable bonds is 6. The van der Waals surface area contributed by atoms with Crippen molar-refractivity contribution in [1.82, 2.24) is 15.1 Å². The maximum Gasteiger partial charge on any atom is 0.274 e. The Hall–Kier alpha value is -2.21. The summed E-state index contributed by atoms with van der Waals surface area (Å²) in [7, 11) is 0. The Morgan fingerprint density at radius 3 is 2.74 bits per heavy atom. The molecule has 3 atom stereocenters. The van der Waals surface area contributed by atoms with Gasteiger partial charge in [-0.2, -0.15) is 5.10 Å². The number of aromatic nitrogens is 2. The van der Waals surface area contributed by atoms with E-state index in [-0.39, 0.29) is 23.4 Å². The number of nitrogens with zero attached hydrogens (tertiary/aromatic N) is 2. The number of carbonyl (C=O) groups excluding carboxylic acids is 1. The molecule has 2 rings (SSSR count). The Balaban J connectivity index is 2.09. The average Bonchev–Trinajstić information content (AvgIpc) is 2.56. The van der Waals surface area contributed by atoms with Gasteiger partial charge in [0.05, 0.1) is 24.2 Å². The molecule has 1 amide bonds. The minimum atomic E-state index is -0.538. The van der Waals surface area contributed by atoms with Crippen molar-refractivity contribution < 1.29 is 4.79 Å². The molecule has 23 heavy (non-hydrogen) atoms. The number of nitrogens with one attached hydrogen (secondary N) is 1. The number of nitrogens with two attached hydrogens (primary N) is 1. The van der Waals surface area contributed by atoms with Crippen LogP contribution in [-0.2, 0) is 11.3 Å². The van der Waals surface area contributed by atoms with Gasteiger partial charge in [0.2, 0.25) is 5.91 Å². The first kappa shape index (κ1) is 17.1. The smallest absolute Gasteiger partial charge is 0.274 e. The lowest BCUT2D eigenvalue weighted by molar-refractivity contribution is -0.124. The van der Waals surface area contributed by atoms with E-state index in [9.17, 15) is 9.59 Å². The molecule has 0 aliphatic heterocycles. The number of hydrogen-bond donors (Lipinski definition) is 2. The lowest BCUT2D eigenvalue weighted by Gasteiger charge is -2.21. The van der Waals surface area contributed by atoms with Crippen LogP contribution in [0.5, 0.6) is 0 Å². The van der Waals surface area contributed by atoms with Crippen LogP contribution < -0.4 is 16.6 Å². The van der Waals surface area contributed by atoms with E-state index >= 15 is 0 Å². The van der Waals surface area contributed by atoms with Crippen LogP contribution in [0.15, 0.2) is 35.3 Å². The van der Waals surface area contributed by atoms with Crippen LogP contribution in [0.2, 0.25) is 0 Å². The highest BCUT2D eigenvalue weighted by atomic mass is 16.2. The highest BCUT2D eigenvalue weighted by Crippen LogP contribution is 2.07. The molecule has 0 aliphatic rings. The van der Waals surface area contributed by atoms with Gasteiger partial charge in [0.1, 0.15) is 0 Å². The minimum absolute atomic E-state index is 0.115. The van der Waals surface area contributed by atoms with Crippen LogP contribution >= 0.6 is 0 Å². The summed E-state index contributed by atoms with van der Waals surface area (Å²) in [5, 5.41) is 8.46. The Bertz CT molecular complexity index is 741. The number of fused-ring (bicyclic) bond motifs is 1. The van der Waals surface area contributed by atoms with Crippen molar-refractivity contribution in [3.63, 3.8) is 0 Å². The van der Waals surface area contributed by atoms with E-state index in [1.807, 2.05) is 39.0 Å².